The molecule has 1 aliphatic rings. The third-order valence-corrected chi connectivity index (χ3v) is 4.41. The molecule has 0 amide bonds. The Morgan fingerprint density at radius 3 is 3.00 bits per heavy atom. The van der Waals surface area contributed by atoms with Crippen molar-refractivity contribution in [2.45, 2.75) is 44.6 Å². The van der Waals surface area contributed by atoms with E-state index < -0.39 is 5.60 Å². The van der Waals surface area contributed by atoms with Gasteiger partial charge in [0.1, 0.15) is 6.33 Å². The van der Waals surface area contributed by atoms with Crippen LogP contribution in [0, 0.1) is 5.92 Å². The molecule has 0 radical (unpaired) electrons. The highest BCUT2D eigenvalue weighted by Gasteiger charge is 2.32. The molecule has 0 atom stereocenters. The Bertz CT molecular complexity index is 574. The summed E-state index contributed by atoms with van der Waals surface area (Å²) < 4.78 is 1.81. The largest absolute Gasteiger partial charge is 0.388 e. The number of fused-ring (bicyclic) bond motifs is 1. The van der Waals surface area contributed by atoms with Crippen LogP contribution >= 0.6 is 0 Å². The van der Waals surface area contributed by atoms with Crippen molar-refractivity contribution in [3.05, 3.63) is 18.7 Å². The molecule has 0 spiro atoms. The number of rotatable bonds is 4. The van der Waals surface area contributed by atoms with Crippen molar-refractivity contribution in [1.29, 1.82) is 0 Å². The number of hydrogen-bond acceptors (Lipinski definition) is 5. The molecule has 0 saturated heterocycles. The van der Waals surface area contributed by atoms with Crippen molar-refractivity contribution < 1.29 is 5.11 Å². The Kier molecular flexibility index (Phi) is 3.56. The molecule has 0 unspecified atom stereocenters. The van der Waals surface area contributed by atoms with Gasteiger partial charge in [-0.3, -0.25) is 4.40 Å². The average Bonchev–Trinajstić information content (AvgIpc) is 2.95. The molecule has 6 nitrogen and oxygen atoms in total. The van der Waals surface area contributed by atoms with Gasteiger partial charge < -0.3 is 10.4 Å². The van der Waals surface area contributed by atoms with E-state index in [0.717, 1.165) is 31.6 Å². The average molecular weight is 275 g/mol. The van der Waals surface area contributed by atoms with Gasteiger partial charge in [0, 0.05) is 18.9 Å². The zero-order valence-electron chi connectivity index (χ0n) is 11.8. The molecule has 3 rings (SSSR count). The number of nitrogens with zero attached hydrogens (tertiary/aromatic N) is 4. The summed E-state index contributed by atoms with van der Waals surface area (Å²) in [6.07, 6.45) is 10.3. The van der Waals surface area contributed by atoms with E-state index in [2.05, 4.69) is 27.4 Å². The predicted molar refractivity (Wildman–Crippen MR) is 76.5 cm³/mol. The summed E-state index contributed by atoms with van der Waals surface area (Å²) in [5.74, 6) is 1.45. The summed E-state index contributed by atoms with van der Waals surface area (Å²) in [4.78, 5) is 4.28. The lowest BCUT2D eigenvalue weighted by molar-refractivity contribution is 0.00225. The normalized spacial score (nSPS) is 26.8. The van der Waals surface area contributed by atoms with Crippen LogP contribution in [0.3, 0.4) is 0 Å². The van der Waals surface area contributed by atoms with Crippen LogP contribution in [0.1, 0.15) is 39.0 Å². The Hall–Kier alpha value is -1.69. The quantitative estimate of drug-likeness (QED) is 0.891. The van der Waals surface area contributed by atoms with Crippen LogP contribution in [-0.2, 0) is 0 Å². The number of nitrogens with one attached hydrogen (secondary N) is 1. The first kappa shape index (κ1) is 13.3. The van der Waals surface area contributed by atoms with E-state index in [9.17, 15) is 5.11 Å². The molecule has 20 heavy (non-hydrogen) atoms. The Morgan fingerprint density at radius 1 is 1.45 bits per heavy atom. The summed E-state index contributed by atoms with van der Waals surface area (Å²) in [6.45, 7) is 2.74. The molecule has 0 bridgehead atoms. The van der Waals surface area contributed by atoms with Crippen LogP contribution in [-0.4, -0.2) is 36.8 Å². The molecular weight excluding hydrogens is 254 g/mol. The van der Waals surface area contributed by atoms with Gasteiger partial charge in [-0.15, -0.1) is 10.2 Å². The highest BCUT2D eigenvalue weighted by atomic mass is 16.3. The van der Waals surface area contributed by atoms with E-state index in [1.807, 2.05) is 10.6 Å². The van der Waals surface area contributed by atoms with Crippen LogP contribution in [0.25, 0.3) is 5.65 Å². The van der Waals surface area contributed by atoms with Gasteiger partial charge in [-0.25, -0.2) is 4.98 Å². The number of aliphatic hydroxyl groups is 1. The summed E-state index contributed by atoms with van der Waals surface area (Å²) in [6, 6.07) is 0. The predicted octanol–water partition coefficient (Wildman–Crippen LogP) is 1.87. The van der Waals surface area contributed by atoms with Crippen LogP contribution in [0.4, 0.5) is 5.82 Å². The van der Waals surface area contributed by atoms with Gasteiger partial charge in [-0.05, 0) is 31.6 Å². The minimum absolute atomic E-state index is 0.517. The van der Waals surface area contributed by atoms with E-state index in [4.69, 9.17) is 0 Å². The lowest BCUT2D eigenvalue weighted by atomic mass is 9.78. The van der Waals surface area contributed by atoms with Gasteiger partial charge in [-0.1, -0.05) is 13.3 Å². The Labute approximate surface area is 118 Å². The molecule has 1 fully saturated rings. The van der Waals surface area contributed by atoms with Crippen LogP contribution in [0.15, 0.2) is 18.7 Å². The van der Waals surface area contributed by atoms with E-state index >= 15 is 0 Å². The van der Waals surface area contributed by atoms with Gasteiger partial charge >= 0.3 is 0 Å². The van der Waals surface area contributed by atoms with Crippen molar-refractivity contribution in [2.75, 3.05) is 11.9 Å². The highest BCUT2D eigenvalue weighted by molar-refractivity contribution is 5.61. The zero-order chi connectivity index (χ0) is 14.0. The minimum Gasteiger partial charge on any atom is -0.388 e. The summed E-state index contributed by atoms with van der Waals surface area (Å²) in [5, 5.41) is 21.8. The van der Waals surface area contributed by atoms with E-state index in [-0.39, 0.29) is 0 Å². The second-order valence-corrected chi connectivity index (χ2v) is 5.77. The zero-order valence-corrected chi connectivity index (χ0v) is 11.8. The third kappa shape index (κ3) is 2.60. The monoisotopic (exact) mass is 275 g/mol. The fourth-order valence-electron chi connectivity index (χ4n) is 2.93. The number of aromatic nitrogens is 4. The summed E-state index contributed by atoms with van der Waals surface area (Å²) in [7, 11) is 0. The van der Waals surface area contributed by atoms with Crippen molar-refractivity contribution in [2.24, 2.45) is 5.92 Å². The smallest absolute Gasteiger partial charge is 0.203 e. The maximum Gasteiger partial charge on any atom is 0.203 e. The maximum atomic E-state index is 10.6. The molecule has 0 aliphatic heterocycles. The van der Waals surface area contributed by atoms with Crippen molar-refractivity contribution in [3.63, 3.8) is 0 Å². The molecule has 108 valence electrons. The Morgan fingerprint density at radius 2 is 2.25 bits per heavy atom. The van der Waals surface area contributed by atoms with Gasteiger partial charge in [-0.2, -0.15) is 0 Å². The molecule has 1 saturated carbocycles. The molecule has 2 N–H and O–H groups in total. The molecule has 0 aromatic carbocycles. The van der Waals surface area contributed by atoms with Gasteiger partial charge in [0.05, 0.1) is 5.60 Å². The first-order valence-electron chi connectivity index (χ1n) is 7.31. The Balaban J connectivity index is 1.66. The molecule has 2 heterocycles. The fourth-order valence-corrected chi connectivity index (χ4v) is 2.93. The first-order valence-corrected chi connectivity index (χ1v) is 7.31. The van der Waals surface area contributed by atoms with E-state index in [1.54, 1.807) is 12.5 Å². The maximum absolute atomic E-state index is 10.6. The van der Waals surface area contributed by atoms with E-state index in [1.165, 1.54) is 6.42 Å². The number of anilines is 1. The lowest BCUT2D eigenvalue weighted by Gasteiger charge is -2.36. The van der Waals surface area contributed by atoms with Crippen LogP contribution in [0.5, 0.6) is 0 Å². The second-order valence-electron chi connectivity index (χ2n) is 5.77. The van der Waals surface area contributed by atoms with Crippen molar-refractivity contribution in [3.8, 4) is 0 Å². The first-order chi connectivity index (χ1) is 9.70. The van der Waals surface area contributed by atoms with Gasteiger partial charge in [0.2, 0.25) is 5.65 Å². The van der Waals surface area contributed by atoms with Gasteiger partial charge in [0.15, 0.2) is 5.82 Å². The van der Waals surface area contributed by atoms with Gasteiger partial charge in [0.25, 0.3) is 0 Å². The molecule has 1 aliphatic carbocycles. The topological polar surface area (TPSA) is 75.3 Å². The van der Waals surface area contributed by atoms with Crippen LogP contribution in [0.2, 0.25) is 0 Å². The lowest BCUT2D eigenvalue weighted by Crippen LogP contribution is -2.40. The second kappa shape index (κ2) is 5.36. The summed E-state index contributed by atoms with van der Waals surface area (Å²) in [5.41, 5.74) is 0.0681. The molecule has 2 aromatic heterocycles. The van der Waals surface area contributed by atoms with Crippen molar-refractivity contribution >= 4 is 11.5 Å². The standard InChI is InChI=1S/C14H21N5O/c1-2-11-3-5-14(20,6-4-11)9-16-12-13-18-17-10-19(13)8-7-15-12/h7-8,10-11,20H,2-6,9H2,1H3,(H,15,16). The minimum atomic E-state index is -0.625. The summed E-state index contributed by atoms with van der Waals surface area (Å²) >= 11 is 0. The fraction of sp³-hybridized carbons (Fsp3) is 0.643. The molecular formula is C14H21N5O. The van der Waals surface area contributed by atoms with Crippen LogP contribution < -0.4 is 5.32 Å². The number of hydrogen-bond donors (Lipinski definition) is 2. The van der Waals surface area contributed by atoms with E-state index in [0.29, 0.717) is 18.0 Å². The highest BCUT2D eigenvalue weighted by Crippen LogP contribution is 2.33. The molecule has 2 aromatic rings. The molecule has 6 heteroatoms. The third-order valence-electron chi connectivity index (χ3n) is 4.41. The van der Waals surface area contributed by atoms with Crippen molar-refractivity contribution in [1.82, 2.24) is 19.6 Å². The SMILES string of the molecule is CCC1CCC(O)(CNc2nccn3cnnc23)CC1.